The van der Waals surface area contributed by atoms with Gasteiger partial charge in [-0.15, -0.1) is 0 Å². The number of methoxy groups -OCH3 is 2. The van der Waals surface area contributed by atoms with Gasteiger partial charge in [-0.25, -0.2) is 0 Å². The van der Waals surface area contributed by atoms with Crippen LogP contribution in [0.15, 0.2) is 48.5 Å². The summed E-state index contributed by atoms with van der Waals surface area (Å²) in [5, 5.41) is 30.7. The second-order valence-corrected chi connectivity index (χ2v) is 8.54. The smallest absolute Gasteiger partial charge is 0.160 e. The Morgan fingerprint density at radius 1 is 0.844 bits per heavy atom. The van der Waals surface area contributed by atoms with E-state index >= 15 is 0 Å². The molecule has 166 valence electrons. The van der Waals surface area contributed by atoms with Crippen LogP contribution in [-0.2, 0) is 19.3 Å². The van der Waals surface area contributed by atoms with Gasteiger partial charge in [-0.1, -0.05) is 12.1 Å². The Labute approximate surface area is 187 Å². The molecular weight excluding hydrogens is 406 g/mol. The van der Waals surface area contributed by atoms with Gasteiger partial charge in [0.05, 0.1) is 14.2 Å². The van der Waals surface area contributed by atoms with Gasteiger partial charge in [-0.05, 0) is 83.5 Å². The van der Waals surface area contributed by atoms with E-state index < -0.39 is 0 Å². The summed E-state index contributed by atoms with van der Waals surface area (Å²) in [4.78, 5) is 2.47. The molecule has 0 bridgehead atoms. The largest absolute Gasteiger partial charge is 0.504 e. The summed E-state index contributed by atoms with van der Waals surface area (Å²) in [7, 11) is 3.22. The minimum atomic E-state index is -0.0975. The molecule has 0 aromatic heterocycles. The van der Waals surface area contributed by atoms with Crippen molar-refractivity contribution in [1.29, 1.82) is 0 Å². The lowest BCUT2D eigenvalue weighted by Crippen LogP contribution is -2.43. The molecule has 2 atom stereocenters. The van der Waals surface area contributed by atoms with Crippen molar-refractivity contribution in [3.05, 3.63) is 76.3 Å². The third-order valence-electron chi connectivity index (χ3n) is 6.84. The van der Waals surface area contributed by atoms with Crippen molar-refractivity contribution >= 4 is 0 Å². The molecule has 0 amide bonds. The first-order valence-electron chi connectivity index (χ1n) is 10.8. The summed E-state index contributed by atoms with van der Waals surface area (Å²) in [6.45, 7) is 0.839. The van der Waals surface area contributed by atoms with Gasteiger partial charge in [0, 0.05) is 18.6 Å². The zero-order valence-electron chi connectivity index (χ0n) is 18.2. The molecule has 0 radical (unpaired) electrons. The van der Waals surface area contributed by atoms with E-state index in [2.05, 4.69) is 17.0 Å². The van der Waals surface area contributed by atoms with Crippen LogP contribution in [0.5, 0.6) is 28.7 Å². The normalized spacial score (nSPS) is 19.6. The number of hydrogen-bond acceptors (Lipinski definition) is 6. The predicted molar refractivity (Wildman–Crippen MR) is 121 cm³/mol. The Bertz CT molecular complexity index is 1160. The van der Waals surface area contributed by atoms with Crippen LogP contribution in [0.4, 0.5) is 0 Å². The van der Waals surface area contributed by atoms with Crippen LogP contribution in [0.3, 0.4) is 0 Å². The van der Waals surface area contributed by atoms with Crippen LogP contribution in [0, 0.1) is 0 Å². The molecule has 0 fully saturated rings. The summed E-state index contributed by atoms with van der Waals surface area (Å²) >= 11 is 0. The van der Waals surface area contributed by atoms with E-state index in [0.717, 1.165) is 47.4 Å². The van der Waals surface area contributed by atoms with Gasteiger partial charge in [-0.2, -0.15) is 0 Å². The fourth-order valence-electron chi connectivity index (χ4n) is 5.22. The number of fused-ring (bicyclic) bond motifs is 4. The Morgan fingerprint density at radius 3 is 2.28 bits per heavy atom. The van der Waals surface area contributed by atoms with Crippen molar-refractivity contribution in [2.75, 3.05) is 20.8 Å². The van der Waals surface area contributed by atoms with Crippen molar-refractivity contribution in [3.63, 3.8) is 0 Å². The summed E-state index contributed by atoms with van der Waals surface area (Å²) in [6.07, 6.45) is 2.30. The van der Waals surface area contributed by atoms with Crippen LogP contribution in [0.2, 0.25) is 0 Å². The van der Waals surface area contributed by atoms with Gasteiger partial charge in [0.15, 0.2) is 23.0 Å². The van der Waals surface area contributed by atoms with Crippen LogP contribution in [0.25, 0.3) is 0 Å². The minimum Gasteiger partial charge on any atom is -0.504 e. The summed E-state index contributed by atoms with van der Waals surface area (Å²) in [5.74, 6) is 1.26. The van der Waals surface area contributed by atoms with Crippen LogP contribution in [0.1, 0.15) is 39.9 Å². The highest BCUT2D eigenvalue weighted by Crippen LogP contribution is 2.48. The first kappa shape index (κ1) is 20.5. The van der Waals surface area contributed by atoms with Crippen molar-refractivity contribution in [3.8, 4) is 28.7 Å². The molecule has 0 saturated carbocycles. The highest BCUT2D eigenvalue weighted by molar-refractivity contribution is 5.53. The van der Waals surface area contributed by atoms with E-state index in [-0.39, 0.29) is 29.3 Å². The monoisotopic (exact) mass is 433 g/mol. The highest BCUT2D eigenvalue weighted by atomic mass is 16.5. The number of nitrogens with zero attached hydrogens (tertiary/aromatic N) is 1. The molecule has 0 spiro atoms. The summed E-state index contributed by atoms with van der Waals surface area (Å²) < 4.78 is 10.7. The first-order valence-corrected chi connectivity index (χ1v) is 10.8. The molecule has 5 rings (SSSR count). The number of benzene rings is 3. The molecule has 6 heteroatoms. The summed E-state index contributed by atoms with van der Waals surface area (Å²) in [6, 6.07) is 15.4. The van der Waals surface area contributed by atoms with Crippen molar-refractivity contribution in [1.82, 2.24) is 4.90 Å². The SMILES string of the molecule is COc1ccc(C[C@@H]2c3cc(O)c(O)cc3C[C@H]3c4cc(OC)c(O)cc4CCN23)cc1. The maximum Gasteiger partial charge on any atom is 0.160 e. The van der Waals surface area contributed by atoms with E-state index in [9.17, 15) is 15.3 Å². The third kappa shape index (κ3) is 3.41. The third-order valence-corrected chi connectivity index (χ3v) is 6.84. The lowest BCUT2D eigenvalue weighted by molar-refractivity contribution is 0.106. The predicted octanol–water partition coefficient (Wildman–Crippen LogP) is 4.26. The number of hydrogen-bond donors (Lipinski definition) is 3. The fourth-order valence-corrected chi connectivity index (χ4v) is 5.22. The molecule has 3 aromatic rings. The molecular formula is C26H27NO5. The van der Waals surface area contributed by atoms with Gasteiger partial charge in [0.2, 0.25) is 0 Å². The van der Waals surface area contributed by atoms with Crippen molar-refractivity contribution in [2.45, 2.75) is 31.3 Å². The fraction of sp³-hybridized carbons (Fsp3) is 0.308. The molecule has 3 N–H and O–H groups in total. The number of aromatic hydroxyl groups is 3. The topological polar surface area (TPSA) is 82.4 Å². The molecule has 32 heavy (non-hydrogen) atoms. The second-order valence-electron chi connectivity index (χ2n) is 8.54. The Balaban J connectivity index is 1.59. The minimum absolute atomic E-state index is 0.0385. The lowest BCUT2D eigenvalue weighted by atomic mass is 9.79. The molecule has 0 saturated heterocycles. The standard InChI is InChI=1S/C26H27NO5/c1-31-18-5-3-15(4-6-18)9-21-19-13-24(29)23(28)12-17(19)10-22-20-14-26(32-2)25(30)11-16(20)7-8-27(21)22/h3-6,11-14,21-22,28-30H,7-10H2,1-2H3/t21-,22+/m1/s1. The van der Waals surface area contributed by atoms with Gasteiger partial charge >= 0.3 is 0 Å². The Morgan fingerprint density at radius 2 is 1.56 bits per heavy atom. The van der Waals surface area contributed by atoms with Crippen LogP contribution in [-0.4, -0.2) is 41.0 Å². The van der Waals surface area contributed by atoms with Crippen molar-refractivity contribution in [2.24, 2.45) is 0 Å². The van der Waals surface area contributed by atoms with Crippen molar-refractivity contribution < 1.29 is 24.8 Å². The first-order chi connectivity index (χ1) is 15.5. The number of phenolic OH excluding ortho intramolecular Hbond substituents is 3. The maximum atomic E-state index is 10.3. The Kier molecular flexibility index (Phi) is 5.10. The number of rotatable bonds is 4. The van der Waals surface area contributed by atoms with E-state index in [1.165, 1.54) is 5.56 Å². The number of ether oxygens (including phenoxy) is 2. The zero-order chi connectivity index (χ0) is 22.4. The quantitative estimate of drug-likeness (QED) is 0.534. The van der Waals surface area contributed by atoms with E-state index in [1.807, 2.05) is 24.3 Å². The zero-order valence-corrected chi connectivity index (χ0v) is 18.2. The maximum absolute atomic E-state index is 10.3. The molecule has 2 heterocycles. The molecule has 0 unspecified atom stereocenters. The van der Waals surface area contributed by atoms with E-state index in [4.69, 9.17) is 9.47 Å². The summed E-state index contributed by atoms with van der Waals surface area (Å²) in [5.41, 5.74) is 5.51. The van der Waals surface area contributed by atoms with Gasteiger partial charge in [0.1, 0.15) is 5.75 Å². The highest BCUT2D eigenvalue weighted by Gasteiger charge is 2.39. The van der Waals surface area contributed by atoms with Crippen LogP contribution < -0.4 is 9.47 Å². The average molecular weight is 434 g/mol. The van der Waals surface area contributed by atoms with Gasteiger partial charge in [-0.3, -0.25) is 4.90 Å². The molecule has 6 nitrogen and oxygen atoms in total. The van der Waals surface area contributed by atoms with Gasteiger partial charge in [0.25, 0.3) is 0 Å². The molecule has 3 aromatic carbocycles. The number of phenols is 3. The average Bonchev–Trinajstić information content (AvgIpc) is 2.80. The lowest BCUT2D eigenvalue weighted by Gasteiger charge is -2.47. The van der Waals surface area contributed by atoms with Crippen LogP contribution >= 0.6 is 0 Å². The Hall–Kier alpha value is -3.38. The molecule has 0 aliphatic carbocycles. The second kappa shape index (κ2) is 7.95. The molecule has 2 aliphatic rings. The van der Waals surface area contributed by atoms with E-state index in [1.54, 1.807) is 26.4 Å². The van der Waals surface area contributed by atoms with E-state index in [0.29, 0.717) is 12.2 Å². The molecule has 2 aliphatic heterocycles. The van der Waals surface area contributed by atoms with Gasteiger partial charge < -0.3 is 24.8 Å².